The number of amides is 3. The van der Waals surface area contributed by atoms with Gasteiger partial charge in [0.2, 0.25) is 11.8 Å². The van der Waals surface area contributed by atoms with E-state index in [4.69, 9.17) is 9.47 Å². The van der Waals surface area contributed by atoms with Crippen LogP contribution in [0.25, 0.3) is 0 Å². The average molecular weight is 715 g/mol. The number of carbonyl (C=O) groups is 3. The second-order valence-electron chi connectivity index (χ2n) is 14.4. The van der Waals surface area contributed by atoms with Gasteiger partial charge in [-0.1, -0.05) is 110 Å². The van der Waals surface area contributed by atoms with Crippen LogP contribution in [0.15, 0.2) is 91.0 Å². The van der Waals surface area contributed by atoms with E-state index in [9.17, 15) is 14.4 Å². The summed E-state index contributed by atoms with van der Waals surface area (Å²) >= 11 is 1.58. The molecule has 2 atom stereocenters. The highest BCUT2D eigenvalue weighted by Crippen LogP contribution is 2.48. The molecule has 2 fully saturated rings. The molecule has 1 saturated heterocycles. The lowest BCUT2D eigenvalue weighted by atomic mass is 9.83. The molecule has 1 saturated carbocycles. The first-order chi connectivity index (χ1) is 24.7. The molecule has 0 bridgehead atoms. The van der Waals surface area contributed by atoms with Crippen molar-refractivity contribution in [3.05, 3.63) is 108 Å². The minimum atomic E-state index is -0.993. The summed E-state index contributed by atoms with van der Waals surface area (Å²) in [6.07, 6.45) is 4.19. The Morgan fingerprint density at radius 2 is 1.31 bits per heavy atom. The largest absolute Gasteiger partial charge is 0.444 e. The molecular weight excluding hydrogens is 661 g/mol. The Morgan fingerprint density at radius 3 is 1.82 bits per heavy atom. The lowest BCUT2D eigenvalue weighted by Gasteiger charge is -2.37. The van der Waals surface area contributed by atoms with Gasteiger partial charge in [0, 0.05) is 31.9 Å². The number of nitrogens with zero attached hydrogens (tertiary/aromatic N) is 1. The van der Waals surface area contributed by atoms with E-state index in [1.54, 1.807) is 32.5 Å². The predicted octanol–water partition coefficient (Wildman–Crippen LogP) is 6.12. The SMILES string of the molecule is CC(C)(C)OC(=O)N[C@@H](CSC(c1ccccc1)(c1ccccc1)c1ccccc1)C(=O)NC(C(=O)NCCN1CCOCC1)C1CCCCC1. The molecule has 51 heavy (non-hydrogen) atoms. The van der Waals surface area contributed by atoms with E-state index in [0.717, 1.165) is 68.4 Å². The van der Waals surface area contributed by atoms with Crippen molar-refractivity contribution in [1.29, 1.82) is 0 Å². The van der Waals surface area contributed by atoms with Crippen molar-refractivity contribution in [1.82, 2.24) is 20.9 Å². The highest BCUT2D eigenvalue weighted by Gasteiger charge is 2.40. The Labute approximate surface area is 307 Å². The summed E-state index contributed by atoms with van der Waals surface area (Å²) < 4.78 is 10.4. The van der Waals surface area contributed by atoms with E-state index in [0.29, 0.717) is 19.8 Å². The maximum Gasteiger partial charge on any atom is 0.408 e. The summed E-state index contributed by atoms with van der Waals surface area (Å²) in [6.45, 7) is 9.65. The first kappa shape index (κ1) is 38.4. The molecule has 0 spiro atoms. The van der Waals surface area contributed by atoms with Gasteiger partial charge in [0.05, 0.1) is 18.0 Å². The zero-order valence-corrected chi connectivity index (χ0v) is 31.1. The summed E-state index contributed by atoms with van der Waals surface area (Å²) in [5, 5.41) is 9.13. The van der Waals surface area contributed by atoms with Gasteiger partial charge in [-0.2, -0.15) is 0 Å². The third-order valence-electron chi connectivity index (χ3n) is 9.55. The van der Waals surface area contributed by atoms with Gasteiger partial charge < -0.3 is 25.4 Å². The van der Waals surface area contributed by atoms with Gasteiger partial charge in [-0.3, -0.25) is 14.5 Å². The molecule has 1 aliphatic carbocycles. The van der Waals surface area contributed by atoms with Gasteiger partial charge in [0.1, 0.15) is 17.7 Å². The Bertz CT molecular complexity index is 1430. The van der Waals surface area contributed by atoms with Gasteiger partial charge in [0.25, 0.3) is 0 Å². The molecule has 2 aliphatic rings. The third-order valence-corrected chi connectivity index (χ3v) is 11.2. The Balaban J connectivity index is 1.43. The minimum absolute atomic E-state index is 0.0120. The molecular formula is C41H54N4O5S. The number of hydrogen-bond donors (Lipinski definition) is 3. The average Bonchev–Trinajstić information content (AvgIpc) is 3.15. The van der Waals surface area contributed by atoms with Crippen molar-refractivity contribution in [3.63, 3.8) is 0 Å². The fourth-order valence-electron chi connectivity index (χ4n) is 7.00. The lowest BCUT2D eigenvalue weighted by molar-refractivity contribution is -0.131. The van der Waals surface area contributed by atoms with Crippen molar-refractivity contribution >= 4 is 29.7 Å². The number of benzene rings is 3. The molecule has 3 amide bonds. The molecule has 0 radical (unpaired) electrons. The Hall–Kier alpha value is -3.86. The van der Waals surface area contributed by atoms with Crippen LogP contribution >= 0.6 is 11.8 Å². The molecule has 1 heterocycles. The second kappa shape index (κ2) is 18.6. The van der Waals surface area contributed by atoms with Crippen LogP contribution < -0.4 is 16.0 Å². The highest BCUT2D eigenvalue weighted by atomic mass is 32.2. The number of hydrogen-bond acceptors (Lipinski definition) is 7. The normalized spacial score (nSPS) is 17.2. The zero-order valence-electron chi connectivity index (χ0n) is 30.3. The smallest absolute Gasteiger partial charge is 0.408 e. The summed E-state index contributed by atoms with van der Waals surface area (Å²) in [5.41, 5.74) is 2.38. The summed E-state index contributed by atoms with van der Waals surface area (Å²) in [7, 11) is 0. The van der Waals surface area contributed by atoms with Gasteiger partial charge in [-0.25, -0.2) is 4.79 Å². The van der Waals surface area contributed by atoms with E-state index in [-0.39, 0.29) is 17.6 Å². The van der Waals surface area contributed by atoms with Crippen LogP contribution in [0.4, 0.5) is 4.79 Å². The van der Waals surface area contributed by atoms with Crippen molar-refractivity contribution < 1.29 is 23.9 Å². The van der Waals surface area contributed by atoms with Gasteiger partial charge >= 0.3 is 6.09 Å². The van der Waals surface area contributed by atoms with E-state index >= 15 is 0 Å². The first-order valence-corrected chi connectivity index (χ1v) is 19.3. The van der Waals surface area contributed by atoms with E-state index in [2.05, 4.69) is 57.2 Å². The van der Waals surface area contributed by atoms with Crippen LogP contribution in [0, 0.1) is 5.92 Å². The minimum Gasteiger partial charge on any atom is -0.444 e. The fraction of sp³-hybridized carbons (Fsp3) is 0.488. The maximum atomic E-state index is 14.5. The number of morpholine rings is 1. The molecule has 3 aromatic carbocycles. The van der Waals surface area contributed by atoms with Gasteiger partial charge in [0.15, 0.2) is 0 Å². The molecule has 1 unspecified atom stereocenters. The van der Waals surface area contributed by atoms with Crippen LogP contribution in [-0.4, -0.2) is 85.6 Å². The number of carbonyl (C=O) groups excluding carboxylic acids is 3. The standard InChI is InChI=1S/C41H54N4O5S/c1-40(2,3)50-39(48)43-35(37(46)44-36(31-16-8-4-9-17-31)38(47)42-24-25-45-26-28-49-29-27-45)30-51-41(32-18-10-5-11-19-32,33-20-12-6-13-21-33)34-22-14-7-15-23-34/h5-7,10-15,18-23,31,35-36H,4,8-9,16-17,24-30H2,1-3H3,(H,42,47)(H,43,48)(H,44,46)/t35-,36?/m0/s1. The molecule has 9 nitrogen and oxygen atoms in total. The first-order valence-electron chi connectivity index (χ1n) is 18.3. The van der Waals surface area contributed by atoms with Crippen molar-refractivity contribution in [2.24, 2.45) is 5.92 Å². The highest BCUT2D eigenvalue weighted by molar-refractivity contribution is 8.00. The van der Waals surface area contributed by atoms with E-state index < -0.39 is 34.4 Å². The third kappa shape index (κ3) is 10.8. The van der Waals surface area contributed by atoms with Crippen LogP contribution in [0.3, 0.4) is 0 Å². The number of rotatable bonds is 14. The molecule has 3 aromatic rings. The molecule has 10 heteroatoms. The van der Waals surface area contributed by atoms with Crippen LogP contribution in [-0.2, 0) is 23.8 Å². The fourth-order valence-corrected chi connectivity index (χ4v) is 8.56. The second-order valence-corrected chi connectivity index (χ2v) is 15.7. The van der Waals surface area contributed by atoms with E-state index in [1.807, 2.05) is 54.6 Å². The topological polar surface area (TPSA) is 109 Å². The van der Waals surface area contributed by atoms with Crippen LogP contribution in [0.5, 0.6) is 0 Å². The van der Waals surface area contributed by atoms with Crippen LogP contribution in [0.2, 0.25) is 0 Å². The Morgan fingerprint density at radius 1 is 0.784 bits per heavy atom. The molecule has 1 aliphatic heterocycles. The van der Waals surface area contributed by atoms with E-state index in [1.165, 1.54) is 0 Å². The number of thioether (sulfide) groups is 1. The molecule has 274 valence electrons. The number of ether oxygens (including phenoxy) is 2. The Kier molecular flexibility index (Phi) is 14.0. The lowest BCUT2D eigenvalue weighted by Crippen LogP contribution is -2.58. The maximum absolute atomic E-state index is 14.5. The zero-order chi connectivity index (χ0) is 36.1. The van der Waals surface area contributed by atoms with Crippen LogP contribution in [0.1, 0.15) is 69.6 Å². The predicted molar refractivity (Wildman–Crippen MR) is 204 cm³/mol. The summed E-state index contributed by atoms with van der Waals surface area (Å²) in [4.78, 5) is 43.9. The van der Waals surface area contributed by atoms with Gasteiger partial charge in [-0.15, -0.1) is 11.8 Å². The molecule has 0 aromatic heterocycles. The van der Waals surface area contributed by atoms with Crippen molar-refractivity contribution in [2.75, 3.05) is 45.1 Å². The quantitative estimate of drug-likeness (QED) is 0.173. The van der Waals surface area contributed by atoms with Crippen molar-refractivity contribution in [3.8, 4) is 0 Å². The molecule has 5 rings (SSSR count). The summed E-state index contributed by atoms with van der Waals surface area (Å²) in [6, 6.07) is 29.0. The van der Waals surface area contributed by atoms with Gasteiger partial charge in [-0.05, 0) is 56.2 Å². The monoisotopic (exact) mass is 714 g/mol. The molecule has 3 N–H and O–H groups in total. The summed E-state index contributed by atoms with van der Waals surface area (Å²) in [5.74, 6) is -0.368. The number of nitrogens with one attached hydrogen (secondary N) is 3. The van der Waals surface area contributed by atoms with Crippen molar-refractivity contribution in [2.45, 2.75) is 75.3 Å². The number of alkyl carbamates (subject to hydrolysis) is 1.